The molecular weight excluding hydrogens is 355 g/mol. The number of hydrogen-bond acceptors (Lipinski definition) is 3. The minimum atomic E-state index is -0.330. The normalized spacial score (nSPS) is 16.5. The molecule has 0 N–H and O–H groups in total. The van der Waals surface area contributed by atoms with Gasteiger partial charge in [0.2, 0.25) is 0 Å². The van der Waals surface area contributed by atoms with Crippen molar-refractivity contribution in [1.82, 2.24) is 9.80 Å². The Kier molecular flexibility index (Phi) is 4.51. The molecule has 134 valence electrons. The summed E-state index contributed by atoms with van der Waals surface area (Å²) >= 11 is 6.15. The van der Waals surface area contributed by atoms with Crippen molar-refractivity contribution in [2.24, 2.45) is 0 Å². The summed E-state index contributed by atoms with van der Waals surface area (Å²) < 4.78 is 14.1. The number of rotatable bonds is 6. The fourth-order valence-electron chi connectivity index (χ4n) is 3.39. The number of fused-ring (bicyclic) bond motifs is 1. The standard InChI is InChI=1S/C20H18ClFN2O2/c21-17-6-3-7-18(22)16(17)12-23(13-8-9-13)10-11-24-19(25)14-4-1-2-5-15(14)20(24)26/h1-7,13H,8-12H2. The molecule has 2 aromatic carbocycles. The Morgan fingerprint density at radius 1 is 1.04 bits per heavy atom. The number of benzene rings is 2. The Morgan fingerprint density at radius 3 is 2.27 bits per heavy atom. The lowest BCUT2D eigenvalue weighted by molar-refractivity contribution is 0.0632. The van der Waals surface area contributed by atoms with Crippen LogP contribution in [0.2, 0.25) is 5.02 Å². The van der Waals surface area contributed by atoms with Crippen LogP contribution in [-0.2, 0) is 6.54 Å². The quantitative estimate of drug-likeness (QED) is 0.725. The third kappa shape index (κ3) is 3.13. The molecule has 4 nitrogen and oxygen atoms in total. The van der Waals surface area contributed by atoms with Crippen LogP contribution in [0, 0.1) is 5.82 Å². The van der Waals surface area contributed by atoms with Crippen molar-refractivity contribution in [3.63, 3.8) is 0 Å². The van der Waals surface area contributed by atoms with Gasteiger partial charge in [-0.1, -0.05) is 29.8 Å². The van der Waals surface area contributed by atoms with Crippen molar-refractivity contribution in [2.75, 3.05) is 13.1 Å². The number of hydrogen-bond donors (Lipinski definition) is 0. The number of carbonyl (C=O) groups is 2. The van der Waals surface area contributed by atoms with Gasteiger partial charge in [-0.15, -0.1) is 0 Å². The van der Waals surface area contributed by atoms with Crippen molar-refractivity contribution in [3.05, 3.63) is 70.0 Å². The van der Waals surface area contributed by atoms with E-state index in [1.54, 1.807) is 36.4 Å². The lowest BCUT2D eigenvalue weighted by Gasteiger charge is -2.25. The maximum absolute atomic E-state index is 14.1. The van der Waals surface area contributed by atoms with Crippen LogP contribution < -0.4 is 0 Å². The van der Waals surface area contributed by atoms with Crippen LogP contribution in [-0.4, -0.2) is 40.7 Å². The number of carbonyl (C=O) groups excluding carboxylic acids is 2. The zero-order valence-electron chi connectivity index (χ0n) is 14.1. The first-order valence-corrected chi connectivity index (χ1v) is 9.06. The Bertz CT molecular complexity index is 827. The first kappa shape index (κ1) is 17.2. The Balaban J connectivity index is 1.47. The van der Waals surface area contributed by atoms with Crippen LogP contribution in [0.15, 0.2) is 42.5 Å². The zero-order chi connectivity index (χ0) is 18.3. The van der Waals surface area contributed by atoms with Crippen LogP contribution in [0.3, 0.4) is 0 Å². The Hall–Kier alpha value is -2.24. The van der Waals surface area contributed by atoms with E-state index in [0.29, 0.717) is 40.8 Å². The van der Waals surface area contributed by atoms with Crippen molar-refractivity contribution < 1.29 is 14.0 Å². The minimum absolute atomic E-state index is 0.259. The molecule has 0 radical (unpaired) electrons. The van der Waals surface area contributed by atoms with E-state index in [1.165, 1.54) is 11.0 Å². The molecule has 1 aliphatic carbocycles. The maximum Gasteiger partial charge on any atom is 0.261 e. The van der Waals surface area contributed by atoms with Gasteiger partial charge in [-0.05, 0) is 37.1 Å². The molecule has 1 fully saturated rings. The largest absolute Gasteiger partial charge is 0.294 e. The Labute approximate surface area is 156 Å². The number of halogens is 2. The molecule has 1 heterocycles. The van der Waals surface area contributed by atoms with Crippen molar-refractivity contribution >= 4 is 23.4 Å². The van der Waals surface area contributed by atoms with E-state index in [0.717, 1.165) is 12.8 Å². The van der Waals surface area contributed by atoms with E-state index in [4.69, 9.17) is 11.6 Å². The van der Waals surface area contributed by atoms with Gasteiger partial charge in [-0.3, -0.25) is 19.4 Å². The molecule has 26 heavy (non-hydrogen) atoms. The molecule has 0 spiro atoms. The van der Waals surface area contributed by atoms with Gasteiger partial charge < -0.3 is 0 Å². The molecule has 2 amide bonds. The predicted octanol–water partition coefficient (Wildman–Crippen LogP) is 3.74. The van der Waals surface area contributed by atoms with Gasteiger partial charge in [0.1, 0.15) is 5.82 Å². The topological polar surface area (TPSA) is 40.6 Å². The summed E-state index contributed by atoms with van der Waals surface area (Å²) in [5, 5.41) is 0.399. The summed E-state index contributed by atoms with van der Waals surface area (Å²) in [6.45, 7) is 1.16. The smallest absolute Gasteiger partial charge is 0.261 e. The summed E-state index contributed by atoms with van der Waals surface area (Å²) in [6, 6.07) is 11.9. The molecule has 0 bridgehead atoms. The molecule has 2 aromatic rings. The van der Waals surface area contributed by atoms with Gasteiger partial charge in [0, 0.05) is 36.3 Å². The number of nitrogens with zero attached hydrogens (tertiary/aromatic N) is 2. The predicted molar refractivity (Wildman–Crippen MR) is 96.7 cm³/mol. The minimum Gasteiger partial charge on any atom is -0.294 e. The lowest BCUT2D eigenvalue weighted by atomic mass is 10.1. The second-order valence-corrected chi connectivity index (χ2v) is 7.12. The van der Waals surface area contributed by atoms with Gasteiger partial charge >= 0.3 is 0 Å². The van der Waals surface area contributed by atoms with E-state index < -0.39 is 0 Å². The first-order chi connectivity index (χ1) is 12.6. The Morgan fingerprint density at radius 2 is 1.69 bits per heavy atom. The molecular formula is C20H18ClFN2O2. The molecule has 6 heteroatoms. The summed E-state index contributed by atoms with van der Waals surface area (Å²) in [7, 11) is 0. The molecule has 2 aliphatic rings. The molecule has 1 aliphatic heterocycles. The monoisotopic (exact) mass is 372 g/mol. The highest BCUT2D eigenvalue weighted by molar-refractivity contribution is 6.31. The second kappa shape index (κ2) is 6.82. The van der Waals surface area contributed by atoms with E-state index in [-0.39, 0.29) is 24.2 Å². The third-order valence-corrected chi connectivity index (χ3v) is 5.33. The lowest BCUT2D eigenvalue weighted by Crippen LogP contribution is -2.39. The van der Waals surface area contributed by atoms with Crippen LogP contribution >= 0.6 is 11.6 Å². The van der Waals surface area contributed by atoms with Gasteiger partial charge in [-0.25, -0.2) is 4.39 Å². The summed E-state index contributed by atoms with van der Waals surface area (Å²) in [4.78, 5) is 28.3. The van der Waals surface area contributed by atoms with E-state index in [9.17, 15) is 14.0 Å². The van der Waals surface area contributed by atoms with E-state index in [2.05, 4.69) is 4.90 Å². The molecule has 4 rings (SSSR count). The molecule has 0 saturated heterocycles. The molecule has 0 unspecified atom stereocenters. The van der Waals surface area contributed by atoms with Crippen LogP contribution in [0.25, 0.3) is 0 Å². The highest BCUT2D eigenvalue weighted by Crippen LogP contribution is 2.31. The molecule has 1 saturated carbocycles. The average molecular weight is 373 g/mol. The third-order valence-electron chi connectivity index (χ3n) is 4.98. The van der Waals surface area contributed by atoms with Crippen molar-refractivity contribution in [2.45, 2.75) is 25.4 Å². The van der Waals surface area contributed by atoms with Gasteiger partial charge in [-0.2, -0.15) is 0 Å². The fourth-order valence-corrected chi connectivity index (χ4v) is 3.61. The van der Waals surface area contributed by atoms with Gasteiger partial charge in [0.15, 0.2) is 0 Å². The van der Waals surface area contributed by atoms with Crippen LogP contribution in [0.5, 0.6) is 0 Å². The van der Waals surface area contributed by atoms with Crippen molar-refractivity contribution in [1.29, 1.82) is 0 Å². The maximum atomic E-state index is 14.1. The average Bonchev–Trinajstić information content (AvgIpc) is 3.44. The van der Waals surface area contributed by atoms with E-state index in [1.807, 2.05) is 0 Å². The molecule has 0 aromatic heterocycles. The van der Waals surface area contributed by atoms with Crippen LogP contribution in [0.1, 0.15) is 39.1 Å². The van der Waals surface area contributed by atoms with Crippen molar-refractivity contribution in [3.8, 4) is 0 Å². The SMILES string of the molecule is O=C1c2ccccc2C(=O)N1CCN(Cc1c(F)cccc1Cl)C1CC1. The summed E-state index contributed by atoms with van der Waals surface area (Å²) in [5.41, 5.74) is 1.36. The van der Waals surface area contributed by atoms with Gasteiger partial charge in [0.05, 0.1) is 11.1 Å². The highest BCUT2D eigenvalue weighted by atomic mass is 35.5. The highest BCUT2D eigenvalue weighted by Gasteiger charge is 2.36. The van der Waals surface area contributed by atoms with Gasteiger partial charge in [0.25, 0.3) is 11.8 Å². The fraction of sp³-hybridized carbons (Fsp3) is 0.300. The van der Waals surface area contributed by atoms with Crippen LogP contribution in [0.4, 0.5) is 4.39 Å². The number of imide groups is 1. The molecule has 0 atom stereocenters. The summed E-state index contributed by atoms with van der Waals surface area (Å²) in [5.74, 6) is -0.848. The first-order valence-electron chi connectivity index (χ1n) is 8.68. The summed E-state index contributed by atoms with van der Waals surface area (Å²) in [6.07, 6.45) is 2.07. The second-order valence-electron chi connectivity index (χ2n) is 6.71. The zero-order valence-corrected chi connectivity index (χ0v) is 14.9. The van der Waals surface area contributed by atoms with E-state index >= 15 is 0 Å². The number of amides is 2.